The van der Waals surface area contributed by atoms with Gasteiger partial charge in [-0.05, 0) is 36.6 Å². The molecule has 0 spiro atoms. The molecule has 1 rings (SSSR count). The first-order valence-corrected chi connectivity index (χ1v) is 5.44. The summed E-state index contributed by atoms with van der Waals surface area (Å²) >= 11 is 0. The molecule has 0 aromatic heterocycles. The van der Waals surface area contributed by atoms with E-state index >= 15 is 0 Å². The third kappa shape index (κ3) is 3.23. The zero-order valence-corrected chi connectivity index (χ0v) is 9.92. The molecule has 0 heterocycles. The molecule has 3 heteroatoms. The quantitative estimate of drug-likeness (QED) is 0.844. The molecule has 0 fully saturated rings. The molecule has 0 aliphatic heterocycles. The van der Waals surface area contributed by atoms with E-state index < -0.39 is 0 Å². The van der Waals surface area contributed by atoms with Gasteiger partial charge in [0, 0.05) is 12.2 Å². The summed E-state index contributed by atoms with van der Waals surface area (Å²) in [7, 11) is 0. The van der Waals surface area contributed by atoms with Crippen LogP contribution in [0.2, 0.25) is 0 Å². The van der Waals surface area contributed by atoms with Crippen molar-refractivity contribution in [3.05, 3.63) is 29.6 Å². The standard InChI is InChI=1S/C13H17FN2/c1-9(2)11(7-15)8-16-12-4-5-13(14)10(3)6-12/h4-6,9,11,16H,8H2,1-3H3. The number of nitrogens with one attached hydrogen (secondary N) is 1. The summed E-state index contributed by atoms with van der Waals surface area (Å²) in [6.45, 7) is 6.36. The predicted octanol–water partition coefficient (Wildman–Crippen LogP) is 3.34. The maximum absolute atomic E-state index is 13.0. The highest BCUT2D eigenvalue weighted by Gasteiger charge is 2.11. The van der Waals surface area contributed by atoms with Crippen molar-refractivity contribution < 1.29 is 4.39 Å². The van der Waals surface area contributed by atoms with E-state index in [1.165, 1.54) is 6.07 Å². The molecule has 1 aromatic rings. The second kappa shape index (κ2) is 5.50. The molecule has 0 aliphatic carbocycles. The normalized spacial score (nSPS) is 12.2. The number of hydrogen-bond donors (Lipinski definition) is 1. The number of hydrogen-bond acceptors (Lipinski definition) is 2. The summed E-state index contributed by atoms with van der Waals surface area (Å²) < 4.78 is 13.0. The SMILES string of the molecule is Cc1cc(NCC(C#N)C(C)C)ccc1F. The Hall–Kier alpha value is -1.56. The van der Waals surface area contributed by atoms with Crippen LogP contribution in [0.5, 0.6) is 0 Å². The van der Waals surface area contributed by atoms with Crippen molar-refractivity contribution in [3.63, 3.8) is 0 Å². The van der Waals surface area contributed by atoms with E-state index in [2.05, 4.69) is 11.4 Å². The van der Waals surface area contributed by atoms with Crippen molar-refractivity contribution >= 4 is 5.69 Å². The summed E-state index contributed by atoms with van der Waals surface area (Å²) in [4.78, 5) is 0. The maximum Gasteiger partial charge on any atom is 0.126 e. The lowest BCUT2D eigenvalue weighted by molar-refractivity contribution is 0.496. The first-order chi connectivity index (χ1) is 7.54. The van der Waals surface area contributed by atoms with Crippen LogP contribution >= 0.6 is 0 Å². The minimum atomic E-state index is -0.203. The van der Waals surface area contributed by atoms with E-state index in [4.69, 9.17) is 5.26 Å². The summed E-state index contributed by atoms with van der Waals surface area (Å²) in [5, 5.41) is 12.1. The van der Waals surface area contributed by atoms with Gasteiger partial charge in [-0.1, -0.05) is 13.8 Å². The number of aryl methyl sites for hydroxylation is 1. The summed E-state index contributed by atoms with van der Waals surface area (Å²) in [5.74, 6) is 0.0932. The van der Waals surface area contributed by atoms with Gasteiger partial charge in [0.2, 0.25) is 0 Å². The molecule has 2 nitrogen and oxygen atoms in total. The van der Waals surface area contributed by atoms with Gasteiger partial charge in [0.05, 0.1) is 12.0 Å². The van der Waals surface area contributed by atoms with Gasteiger partial charge in [0.15, 0.2) is 0 Å². The number of nitrogens with zero attached hydrogens (tertiary/aromatic N) is 1. The van der Waals surface area contributed by atoms with E-state index in [1.54, 1.807) is 19.1 Å². The summed E-state index contributed by atoms with van der Waals surface area (Å²) in [6, 6.07) is 7.15. The predicted molar refractivity (Wildman–Crippen MR) is 63.6 cm³/mol. The Labute approximate surface area is 96.1 Å². The van der Waals surface area contributed by atoms with Gasteiger partial charge in [-0.3, -0.25) is 0 Å². The largest absolute Gasteiger partial charge is 0.384 e. The third-order valence-electron chi connectivity index (χ3n) is 2.65. The van der Waals surface area contributed by atoms with Crippen LogP contribution in [0.4, 0.5) is 10.1 Å². The Morgan fingerprint density at radius 2 is 2.12 bits per heavy atom. The van der Waals surface area contributed by atoms with Crippen molar-refractivity contribution in [2.45, 2.75) is 20.8 Å². The first kappa shape index (κ1) is 12.5. The number of benzene rings is 1. The van der Waals surface area contributed by atoms with Crippen LogP contribution in [0, 0.1) is 35.9 Å². The fraction of sp³-hybridized carbons (Fsp3) is 0.462. The van der Waals surface area contributed by atoms with Crippen molar-refractivity contribution in [1.82, 2.24) is 0 Å². The molecule has 1 atom stereocenters. The zero-order valence-electron chi connectivity index (χ0n) is 9.92. The van der Waals surface area contributed by atoms with Gasteiger partial charge in [0.1, 0.15) is 5.82 Å². The Kier molecular flexibility index (Phi) is 4.30. The van der Waals surface area contributed by atoms with Crippen LogP contribution in [0.1, 0.15) is 19.4 Å². The van der Waals surface area contributed by atoms with Gasteiger partial charge in [-0.2, -0.15) is 5.26 Å². The molecule has 0 radical (unpaired) electrons. The highest BCUT2D eigenvalue weighted by atomic mass is 19.1. The van der Waals surface area contributed by atoms with Crippen LogP contribution in [0.25, 0.3) is 0 Å². The van der Waals surface area contributed by atoms with Gasteiger partial charge in [0.25, 0.3) is 0 Å². The molecule has 0 bridgehead atoms. The Bertz CT molecular complexity index is 393. The Morgan fingerprint density at radius 1 is 1.44 bits per heavy atom. The number of halogens is 1. The monoisotopic (exact) mass is 220 g/mol. The minimum Gasteiger partial charge on any atom is -0.384 e. The van der Waals surface area contributed by atoms with Crippen molar-refractivity contribution in [3.8, 4) is 6.07 Å². The molecule has 16 heavy (non-hydrogen) atoms. The van der Waals surface area contributed by atoms with E-state index in [-0.39, 0.29) is 11.7 Å². The highest BCUT2D eigenvalue weighted by molar-refractivity contribution is 5.46. The van der Waals surface area contributed by atoms with E-state index in [0.29, 0.717) is 18.0 Å². The van der Waals surface area contributed by atoms with Gasteiger partial charge in [-0.15, -0.1) is 0 Å². The molecule has 1 unspecified atom stereocenters. The van der Waals surface area contributed by atoms with Gasteiger partial charge < -0.3 is 5.32 Å². The second-order valence-corrected chi connectivity index (χ2v) is 4.32. The van der Waals surface area contributed by atoms with E-state index in [1.807, 2.05) is 13.8 Å². The average Bonchev–Trinajstić information content (AvgIpc) is 2.23. The molecule has 0 saturated heterocycles. The van der Waals surface area contributed by atoms with Crippen LogP contribution in [0.3, 0.4) is 0 Å². The van der Waals surface area contributed by atoms with Crippen molar-refractivity contribution in [2.75, 3.05) is 11.9 Å². The molecule has 1 aromatic carbocycles. The second-order valence-electron chi connectivity index (χ2n) is 4.32. The van der Waals surface area contributed by atoms with Crippen molar-refractivity contribution in [1.29, 1.82) is 5.26 Å². The fourth-order valence-corrected chi connectivity index (χ4v) is 1.41. The van der Waals surface area contributed by atoms with Crippen LogP contribution < -0.4 is 5.32 Å². The zero-order chi connectivity index (χ0) is 12.1. The van der Waals surface area contributed by atoms with Gasteiger partial charge in [-0.25, -0.2) is 4.39 Å². The fourth-order valence-electron chi connectivity index (χ4n) is 1.41. The van der Waals surface area contributed by atoms with E-state index in [9.17, 15) is 4.39 Å². The summed E-state index contributed by atoms with van der Waals surface area (Å²) in [6.07, 6.45) is 0. The topological polar surface area (TPSA) is 35.8 Å². The van der Waals surface area contributed by atoms with Crippen molar-refractivity contribution in [2.24, 2.45) is 11.8 Å². The molecule has 0 aliphatic rings. The van der Waals surface area contributed by atoms with E-state index in [0.717, 1.165) is 5.69 Å². The third-order valence-corrected chi connectivity index (χ3v) is 2.65. The number of anilines is 1. The average molecular weight is 220 g/mol. The lowest BCUT2D eigenvalue weighted by Gasteiger charge is -2.14. The molecule has 0 saturated carbocycles. The van der Waals surface area contributed by atoms with Crippen LogP contribution in [0.15, 0.2) is 18.2 Å². The first-order valence-electron chi connectivity index (χ1n) is 5.44. The minimum absolute atomic E-state index is 0.0228. The smallest absolute Gasteiger partial charge is 0.126 e. The molecular weight excluding hydrogens is 203 g/mol. The Morgan fingerprint density at radius 3 is 2.62 bits per heavy atom. The molecule has 0 amide bonds. The lowest BCUT2D eigenvalue weighted by atomic mass is 9.97. The van der Waals surface area contributed by atoms with Gasteiger partial charge >= 0.3 is 0 Å². The summed E-state index contributed by atoms with van der Waals surface area (Å²) in [5.41, 5.74) is 1.47. The molecular formula is C13H17FN2. The van der Waals surface area contributed by atoms with Crippen LogP contribution in [-0.4, -0.2) is 6.54 Å². The number of nitriles is 1. The lowest BCUT2D eigenvalue weighted by Crippen LogP contribution is -2.17. The number of rotatable bonds is 4. The highest BCUT2D eigenvalue weighted by Crippen LogP contribution is 2.16. The maximum atomic E-state index is 13.0. The van der Waals surface area contributed by atoms with Crippen LogP contribution in [-0.2, 0) is 0 Å². The molecule has 1 N–H and O–H groups in total. The Balaban J connectivity index is 2.61. The molecule has 86 valence electrons.